The van der Waals surface area contributed by atoms with Gasteiger partial charge in [0, 0.05) is 50.4 Å². The van der Waals surface area contributed by atoms with E-state index in [4.69, 9.17) is 9.26 Å². The molecule has 4 aromatic carbocycles. The molecule has 1 aliphatic rings. The standard InChI is InChI=1S/C47H56N7O7P/c1-33(2)26-44(61-62(59)25-22-43(55)50-38-20-23-54(24-21-38)30-34-12-5-3-6-13-34)53-46(57)42(28-39-29-48-32-49-39)51-45(56)41(52-47(58)60-31-35-14-7-4-8-15-35)27-37-18-11-17-36-16-9-10-19-40(36)37/h3-19,25,29,32-33,38,41-42,44H,20-24,26-28,30-31H2,1-2H3,(H,48,49)(H,50,55)(H,51,56)(H,52,58)(H,53,57)/t41-,42-,44?/m0/s1. The van der Waals surface area contributed by atoms with Gasteiger partial charge in [0.1, 0.15) is 24.5 Å². The first-order chi connectivity index (χ1) is 30.1. The average Bonchev–Trinajstić information content (AvgIpc) is 3.79. The molecule has 0 aliphatic carbocycles. The summed E-state index contributed by atoms with van der Waals surface area (Å²) in [5.74, 6) is -0.131. The third-order valence-corrected chi connectivity index (χ3v) is 11.5. The fourth-order valence-corrected chi connectivity index (χ4v) is 8.20. The van der Waals surface area contributed by atoms with Crippen LogP contribution in [-0.4, -0.2) is 81.9 Å². The second kappa shape index (κ2) is 23.3. The number of benzene rings is 4. The Morgan fingerprint density at radius 3 is 2.21 bits per heavy atom. The number of carbonyl (C=O) groups is 4. The van der Waals surface area contributed by atoms with Gasteiger partial charge in [-0.3, -0.25) is 19.3 Å². The van der Waals surface area contributed by atoms with Crippen LogP contribution < -0.4 is 26.2 Å². The summed E-state index contributed by atoms with van der Waals surface area (Å²) in [4.78, 5) is 77.1. The maximum Gasteiger partial charge on any atom is 0.408 e. The predicted molar refractivity (Wildman–Crippen MR) is 238 cm³/mol. The first-order valence-electron chi connectivity index (χ1n) is 21.1. The highest BCUT2D eigenvalue weighted by atomic mass is 31.1. The Balaban J connectivity index is 1.09. The normalized spacial score (nSPS) is 15.1. The molecule has 0 radical (unpaired) electrons. The Labute approximate surface area is 363 Å². The lowest BCUT2D eigenvalue weighted by Crippen LogP contribution is -2.56. The Morgan fingerprint density at radius 1 is 0.839 bits per heavy atom. The molecule has 5 aromatic rings. The molecule has 1 saturated heterocycles. The van der Waals surface area contributed by atoms with Gasteiger partial charge in [0.2, 0.25) is 25.7 Å². The van der Waals surface area contributed by atoms with Gasteiger partial charge in [-0.15, -0.1) is 0 Å². The van der Waals surface area contributed by atoms with Crippen LogP contribution in [0, 0.1) is 5.92 Å². The molecule has 62 heavy (non-hydrogen) atoms. The number of ether oxygens (including phenoxy) is 1. The molecule has 1 fully saturated rings. The van der Waals surface area contributed by atoms with Crippen LogP contribution in [0.5, 0.6) is 0 Å². The summed E-state index contributed by atoms with van der Waals surface area (Å²) in [6, 6.07) is 30.7. The van der Waals surface area contributed by atoms with Crippen molar-refractivity contribution in [2.24, 2.45) is 5.92 Å². The molecule has 0 spiro atoms. The van der Waals surface area contributed by atoms with E-state index in [2.05, 4.69) is 48.3 Å². The first-order valence-corrected chi connectivity index (χ1v) is 22.4. The van der Waals surface area contributed by atoms with Crippen LogP contribution in [0.3, 0.4) is 0 Å². The van der Waals surface area contributed by atoms with Crippen molar-refractivity contribution in [1.82, 2.24) is 36.1 Å². The van der Waals surface area contributed by atoms with Gasteiger partial charge in [0.15, 0.2) is 6.23 Å². The maximum atomic E-state index is 14.2. The number of alkyl carbamates (subject to hydrolysis) is 1. The summed E-state index contributed by atoms with van der Waals surface area (Å²) in [5, 5.41) is 13.3. The Hall–Kier alpha value is -5.92. The number of hydrogen-bond donors (Lipinski definition) is 5. The number of nitrogens with one attached hydrogen (secondary N) is 5. The Morgan fingerprint density at radius 2 is 1.50 bits per heavy atom. The van der Waals surface area contributed by atoms with Crippen molar-refractivity contribution in [3.8, 4) is 0 Å². The molecule has 4 amide bonds. The molecular formula is C47H56N7O7P. The topological polar surface area (TPSA) is 190 Å². The fourth-order valence-electron chi connectivity index (χ4n) is 7.41. The number of rotatable bonds is 20. The minimum atomic E-state index is -2.46. The van der Waals surface area contributed by atoms with E-state index in [-0.39, 0.29) is 43.7 Å². The second-order valence-electron chi connectivity index (χ2n) is 16.0. The highest BCUT2D eigenvalue weighted by Gasteiger charge is 2.31. The van der Waals surface area contributed by atoms with Crippen molar-refractivity contribution in [3.63, 3.8) is 0 Å². The molecule has 326 valence electrons. The lowest BCUT2D eigenvalue weighted by atomic mass is 9.98. The van der Waals surface area contributed by atoms with Gasteiger partial charge in [-0.05, 0) is 52.6 Å². The minimum Gasteiger partial charge on any atom is -0.603 e. The zero-order chi connectivity index (χ0) is 43.7. The predicted octanol–water partition coefficient (Wildman–Crippen LogP) is 5.28. The lowest BCUT2D eigenvalue weighted by Gasteiger charge is -2.32. The number of aromatic nitrogens is 2. The number of aromatic amines is 1. The zero-order valence-corrected chi connectivity index (χ0v) is 36.1. The lowest BCUT2D eigenvalue weighted by molar-refractivity contribution is -0.177. The van der Waals surface area contributed by atoms with Crippen molar-refractivity contribution < 1.29 is 33.3 Å². The number of likely N-dealkylation sites (tertiary alicyclic amines) is 1. The fraction of sp³-hybridized carbons (Fsp3) is 0.362. The molecule has 0 saturated carbocycles. The number of amides is 4. The van der Waals surface area contributed by atoms with Crippen LogP contribution in [0.4, 0.5) is 4.79 Å². The molecule has 14 nitrogen and oxygen atoms in total. The molecule has 2 heterocycles. The summed E-state index contributed by atoms with van der Waals surface area (Å²) >= 11 is 0. The van der Waals surface area contributed by atoms with Gasteiger partial charge in [-0.25, -0.2) is 9.78 Å². The van der Waals surface area contributed by atoms with Crippen LogP contribution >= 0.6 is 8.00 Å². The Bertz CT molecular complexity index is 2230. The quantitative estimate of drug-likeness (QED) is 0.0513. The molecule has 2 unspecified atom stereocenters. The van der Waals surface area contributed by atoms with Crippen LogP contribution in [0.15, 0.2) is 116 Å². The molecule has 1 aliphatic heterocycles. The zero-order valence-electron chi connectivity index (χ0n) is 35.2. The van der Waals surface area contributed by atoms with Crippen LogP contribution in [0.2, 0.25) is 0 Å². The molecule has 1 aromatic heterocycles. The van der Waals surface area contributed by atoms with Crippen LogP contribution in [0.25, 0.3) is 10.8 Å². The van der Waals surface area contributed by atoms with Gasteiger partial charge in [0.05, 0.1) is 12.7 Å². The minimum absolute atomic E-state index is 0.00329. The molecular weight excluding hydrogens is 806 g/mol. The number of piperidine rings is 1. The molecule has 4 atom stereocenters. The van der Waals surface area contributed by atoms with E-state index in [1.807, 2.05) is 105 Å². The molecule has 6 rings (SSSR count). The van der Waals surface area contributed by atoms with Crippen LogP contribution in [-0.2, 0) is 49.6 Å². The number of hydrogen-bond acceptors (Lipinski definition) is 9. The highest BCUT2D eigenvalue weighted by molar-refractivity contribution is 7.44. The van der Waals surface area contributed by atoms with Crippen LogP contribution in [0.1, 0.15) is 61.9 Å². The second-order valence-corrected chi connectivity index (χ2v) is 17.1. The van der Waals surface area contributed by atoms with Crippen molar-refractivity contribution in [2.75, 3.05) is 13.1 Å². The van der Waals surface area contributed by atoms with E-state index < -0.39 is 44.2 Å². The first kappa shape index (κ1) is 45.6. The average molecular weight is 862 g/mol. The van der Waals surface area contributed by atoms with Crippen molar-refractivity contribution in [1.29, 1.82) is 0 Å². The van der Waals surface area contributed by atoms with E-state index in [9.17, 15) is 24.1 Å². The number of fused-ring (bicyclic) bond motifs is 1. The third kappa shape index (κ3) is 14.6. The maximum absolute atomic E-state index is 14.2. The SMILES string of the molecule is CC(C)CC(NC(=O)[C@H](Cc1cnc[nH]1)NC(=O)[C@H](Cc1cccc2ccccc12)NC(=O)OCc1ccccc1)O[P+]([O-])=CCC(=O)NC1CCN(Cc2ccccc2)CC1. The van der Waals surface area contributed by atoms with E-state index in [0.717, 1.165) is 54.4 Å². The summed E-state index contributed by atoms with van der Waals surface area (Å²) < 4.78 is 11.3. The van der Waals surface area contributed by atoms with E-state index in [1.54, 1.807) is 6.20 Å². The summed E-state index contributed by atoms with van der Waals surface area (Å²) in [6.07, 6.45) is 3.16. The third-order valence-electron chi connectivity index (χ3n) is 10.6. The number of nitrogens with zero attached hydrogens (tertiary/aromatic N) is 2. The summed E-state index contributed by atoms with van der Waals surface area (Å²) in [7, 11) is -2.46. The van der Waals surface area contributed by atoms with Gasteiger partial charge < -0.3 is 35.9 Å². The van der Waals surface area contributed by atoms with Crippen molar-refractivity contribution in [3.05, 3.63) is 138 Å². The summed E-state index contributed by atoms with van der Waals surface area (Å²) in [5.41, 5.74) is 3.41. The summed E-state index contributed by atoms with van der Waals surface area (Å²) in [6.45, 7) is 6.46. The largest absolute Gasteiger partial charge is 0.603 e. The van der Waals surface area contributed by atoms with E-state index >= 15 is 0 Å². The highest BCUT2D eigenvalue weighted by Crippen LogP contribution is 2.22. The van der Waals surface area contributed by atoms with E-state index in [0.29, 0.717) is 12.1 Å². The monoisotopic (exact) mass is 861 g/mol. The van der Waals surface area contributed by atoms with Gasteiger partial charge in [-0.1, -0.05) is 117 Å². The smallest absolute Gasteiger partial charge is 0.408 e. The Kier molecular flexibility index (Phi) is 17.2. The number of H-pyrrole nitrogens is 1. The van der Waals surface area contributed by atoms with Crippen molar-refractivity contribution >= 4 is 48.4 Å². The molecule has 15 heteroatoms. The number of imidazole rings is 1. The van der Waals surface area contributed by atoms with Gasteiger partial charge in [-0.2, -0.15) is 4.52 Å². The van der Waals surface area contributed by atoms with E-state index in [1.165, 1.54) is 17.7 Å². The molecule has 5 N–H and O–H groups in total. The van der Waals surface area contributed by atoms with Crippen molar-refractivity contribution in [2.45, 2.75) is 89.9 Å². The number of carbonyl (C=O) groups excluding carboxylic acids is 4. The molecule has 0 bridgehead atoms. The van der Waals surface area contributed by atoms with Gasteiger partial charge in [0.25, 0.3) is 0 Å². The van der Waals surface area contributed by atoms with Gasteiger partial charge >= 0.3 is 6.09 Å².